The first kappa shape index (κ1) is 34.4. The summed E-state index contributed by atoms with van der Waals surface area (Å²) in [5.41, 5.74) is 1.85. The van der Waals surface area contributed by atoms with Gasteiger partial charge in [0.25, 0.3) is 0 Å². The third-order valence-electron chi connectivity index (χ3n) is 8.57. The van der Waals surface area contributed by atoms with E-state index in [1.807, 2.05) is 40.0 Å². The minimum Gasteiger partial charge on any atom is -0.442 e. The fourth-order valence-electron chi connectivity index (χ4n) is 5.55. The number of aliphatic hydroxyl groups excluding tert-OH is 1. The molecule has 1 amide bonds. The summed E-state index contributed by atoms with van der Waals surface area (Å²) in [6.45, 7) is 9.08. The summed E-state index contributed by atoms with van der Waals surface area (Å²) in [7, 11) is 2.01. The highest BCUT2D eigenvalue weighted by molar-refractivity contribution is 5.78. The number of halogens is 1. The highest BCUT2D eigenvalue weighted by atomic mass is 19.1. The summed E-state index contributed by atoms with van der Waals surface area (Å²) < 4.78 is 26.2. The number of ether oxygens (including phenoxy) is 2. The van der Waals surface area contributed by atoms with E-state index in [1.165, 1.54) is 10.9 Å². The van der Waals surface area contributed by atoms with Crippen molar-refractivity contribution in [1.29, 1.82) is 0 Å². The maximum Gasteiger partial charge on any atom is 0.410 e. The lowest BCUT2D eigenvalue weighted by Crippen LogP contribution is -2.48. The Bertz CT molecular complexity index is 1370. The minimum absolute atomic E-state index is 0.0554. The first-order valence-electron chi connectivity index (χ1n) is 15.5. The second-order valence-corrected chi connectivity index (χ2v) is 12.2. The molecule has 2 N–H and O–H groups in total. The van der Waals surface area contributed by atoms with Crippen LogP contribution in [0.3, 0.4) is 0 Å². The monoisotopic (exact) mass is 628 g/mol. The van der Waals surface area contributed by atoms with E-state index in [0.717, 1.165) is 24.9 Å². The number of nitrogens with one attached hydrogen (secondary N) is 1. The topological polar surface area (TPSA) is 139 Å². The molecule has 12 nitrogen and oxygen atoms in total. The van der Waals surface area contributed by atoms with Crippen LogP contribution in [0, 0.1) is 23.6 Å². The van der Waals surface area contributed by atoms with E-state index in [4.69, 9.17) is 9.47 Å². The first-order chi connectivity index (χ1) is 21.6. The number of piperazine rings is 1. The number of likely N-dealkylation sites (N-methyl/N-ethyl adjacent to an activating group) is 1. The van der Waals surface area contributed by atoms with E-state index in [-0.39, 0.29) is 29.9 Å². The number of rotatable bonds is 14. The number of carbonyl (C=O) groups is 3. The summed E-state index contributed by atoms with van der Waals surface area (Å²) in [6.07, 6.45) is 5.96. The molecule has 2 aliphatic heterocycles. The van der Waals surface area contributed by atoms with E-state index in [9.17, 15) is 23.9 Å². The molecule has 6 atom stereocenters. The van der Waals surface area contributed by atoms with E-state index in [1.54, 1.807) is 17.0 Å². The summed E-state index contributed by atoms with van der Waals surface area (Å²) in [5, 5.41) is 21.8. The van der Waals surface area contributed by atoms with Crippen LogP contribution in [-0.2, 0) is 19.1 Å². The van der Waals surface area contributed by atoms with Gasteiger partial charge in [-0.1, -0.05) is 31.6 Å². The van der Waals surface area contributed by atoms with Gasteiger partial charge in [-0.25, -0.2) is 9.18 Å². The van der Waals surface area contributed by atoms with E-state index < -0.39 is 30.0 Å². The van der Waals surface area contributed by atoms with Crippen LogP contribution >= 0.6 is 0 Å². The van der Waals surface area contributed by atoms with E-state index >= 15 is 0 Å². The second kappa shape index (κ2) is 16.2. The molecule has 2 aromatic rings. The molecule has 1 aromatic heterocycles. The molecular weight excluding hydrogens is 583 g/mol. The van der Waals surface area contributed by atoms with Crippen LogP contribution in [0.15, 0.2) is 29.9 Å². The standard InChI is InChI=1S/C32H45FN6O6/c1-21(6-8-29(22(2)5-7-25(42)9-14-40)45-32(43)38-12-10-37(4)11-13-38)26(18-41)23(3)15-24-16-27(33)31-28(17-24)35-39(36-31)30-19-44-20-34-30/h6,8,14-18,21-22,25-26,29-30,34,42H,5,7,9-13,19-20H2,1-4H3/b8-6+,23-15+/t21-,22-,25+,26-,29-,30?/m0/s1. The van der Waals surface area contributed by atoms with Gasteiger partial charge in [-0.3, -0.25) is 5.32 Å². The smallest absolute Gasteiger partial charge is 0.410 e. The van der Waals surface area contributed by atoms with Gasteiger partial charge >= 0.3 is 6.09 Å². The van der Waals surface area contributed by atoms with Gasteiger partial charge in [-0.05, 0) is 62.4 Å². The molecule has 0 radical (unpaired) electrons. The van der Waals surface area contributed by atoms with Crippen molar-refractivity contribution in [3.8, 4) is 0 Å². The average Bonchev–Trinajstić information content (AvgIpc) is 3.70. The Balaban J connectivity index is 1.48. The lowest BCUT2D eigenvalue weighted by Gasteiger charge is -2.33. The van der Waals surface area contributed by atoms with Crippen molar-refractivity contribution in [3.63, 3.8) is 0 Å². The zero-order chi connectivity index (χ0) is 32.5. The minimum atomic E-state index is -0.754. The fourth-order valence-corrected chi connectivity index (χ4v) is 5.55. The van der Waals surface area contributed by atoms with Crippen molar-refractivity contribution in [2.24, 2.45) is 17.8 Å². The van der Waals surface area contributed by atoms with Crippen LogP contribution in [0.25, 0.3) is 17.1 Å². The van der Waals surface area contributed by atoms with Crippen LogP contribution in [0.4, 0.5) is 9.18 Å². The molecule has 1 aromatic carbocycles. The SMILES string of the molecule is C/C(=C\c1cc(F)c2nn(C3COCN3)nc2c1)[C@@H](C=O)[C@@H](C)/C=C/[C@H](OC(=O)N1CCN(C)CC1)[C@@H](C)CC[C@@H](O)CC=O. The maximum atomic E-state index is 15.0. The molecular formula is C32H45FN6O6. The molecule has 0 spiro atoms. The van der Waals surface area contributed by atoms with Crippen LogP contribution < -0.4 is 5.32 Å². The number of aliphatic hydroxyl groups is 1. The van der Waals surface area contributed by atoms with Crippen LogP contribution in [0.1, 0.15) is 51.8 Å². The van der Waals surface area contributed by atoms with Crippen molar-refractivity contribution in [2.45, 2.75) is 58.4 Å². The fraction of sp³-hybridized carbons (Fsp3) is 0.594. The quantitative estimate of drug-likeness (QED) is 0.237. The molecule has 2 saturated heterocycles. The first-order valence-corrected chi connectivity index (χ1v) is 15.5. The number of carbonyl (C=O) groups excluding carboxylic acids is 3. The number of fused-ring (bicyclic) bond motifs is 1. The van der Waals surface area contributed by atoms with Crippen LogP contribution in [0.5, 0.6) is 0 Å². The van der Waals surface area contributed by atoms with E-state index in [0.29, 0.717) is 56.6 Å². The number of aromatic nitrogens is 3. The highest BCUT2D eigenvalue weighted by Crippen LogP contribution is 2.26. The van der Waals surface area contributed by atoms with Crippen LogP contribution in [-0.4, -0.2) is 107 Å². The summed E-state index contributed by atoms with van der Waals surface area (Å²) in [6, 6.07) is 3.11. The molecule has 4 rings (SSSR count). The molecule has 0 aliphatic carbocycles. The van der Waals surface area contributed by atoms with Gasteiger partial charge in [-0.2, -0.15) is 9.90 Å². The molecule has 1 unspecified atom stereocenters. The second-order valence-electron chi connectivity index (χ2n) is 12.2. The summed E-state index contributed by atoms with van der Waals surface area (Å²) in [4.78, 5) is 41.4. The largest absolute Gasteiger partial charge is 0.442 e. The van der Waals surface area contributed by atoms with Gasteiger partial charge in [0.1, 0.15) is 35.9 Å². The number of nitrogens with zero attached hydrogens (tertiary/aromatic N) is 5. The van der Waals surface area contributed by atoms with Crippen molar-refractivity contribution < 1.29 is 33.4 Å². The van der Waals surface area contributed by atoms with Crippen molar-refractivity contribution >= 4 is 35.8 Å². The maximum absolute atomic E-state index is 15.0. The van der Waals surface area contributed by atoms with Gasteiger partial charge in [0, 0.05) is 38.5 Å². The van der Waals surface area contributed by atoms with Gasteiger partial charge in [0.15, 0.2) is 5.82 Å². The number of aldehydes is 2. The van der Waals surface area contributed by atoms with Gasteiger partial charge in [-0.15, -0.1) is 5.10 Å². The predicted octanol–water partition coefficient (Wildman–Crippen LogP) is 3.18. The normalized spacial score (nSPS) is 21.5. The molecule has 13 heteroatoms. The van der Waals surface area contributed by atoms with E-state index in [2.05, 4.69) is 20.4 Å². The summed E-state index contributed by atoms with van der Waals surface area (Å²) >= 11 is 0. The highest BCUT2D eigenvalue weighted by Gasteiger charge is 2.27. The Morgan fingerprint density at radius 2 is 1.93 bits per heavy atom. The average molecular weight is 629 g/mol. The molecule has 0 saturated carbocycles. The van der Waals surface area contributed by atoms with Crippen molar-refractivity contribution in [3.05, 3.63) is 41.2 Å². The molecule has 0 bridgehead atoms. The number of amides is 1. The van der Waals surface area contributed by atoms with Crippen molar-refractivity contribution in [1.82, 2.24) is 30.1 Å². The Hall–Kier alpha value is -3.52. The Labute approximate surface area is 263 Å². The third-order valence-corrected chi connectivity index (χ3v) is 8.57. The zero-order valence-corrected chi connectivity index (χ0v) is 26.5. The van der Waals surface area contributed by atoms with Gasteiger partial charge < -0.3 is 34.0 Å². The molecule has 246 valence electrons. The van der Waals surface area contributed by atoms with Gasteiger partial charge in [0.2, 0.25) is 0 Å². The lowest BCUT2D eigenvalue weighted by molar-refractivity contribution is -0.111. The zero-order valence-electron chi connectivity index (χ0n) is 26.5. The van der Waals surface area contributed by atoms with Crippen molar-refractivity contribution in [2.75, 3.05) is 46.6 Å². The molecule has 45 heavy (non-hydrogen) atoms. The molecule has 2 aliphatic rings. The lowest BCUT2D eigenvalue weighted by atomic mass is 9.86. The molecule has 2 fully saturated rings. The third kappa shape index (κ3) is 9.25. The number of hydrogen-bond acceptors (Lipinski definition) is 10. The Kier molecular flexibility index (Phi) is 12.3. The summed E-state index contributed by atoms with van der Waals surface area (Å²) in [5.74, 6) is -1.44. The Morgan fingerprint density at radius 1 is 1.18 bits per heavy atom. The van der Waals surface area contributed by atoms with Gasteiger partial charge in [0.05, 0.1) is 19.4 Å². The molecule has 3 heterocycles. The number of benzene rings is 1. The number of allylic oxidation sites excluding steroid dienone is 2. The number of hydrogen-bond donors (Lipinski definition) is 2. The predicted molar refractivity (Wildman–Crippen MR) is 166 cm³/mol. The Morgan fingerprint density at radius 3 is 2.60 bits per heavy atom. The van der Waals surface area contributed by atoms with Crippen LogP contribution in [0.2, 0.25) is 0 Å².